The van der Waals surface area contributed by atoms with Gasteiger partial charge in [-0.2, -0.15) is 0 Å². The Morgan fingerprint density at radius 1 is 0.571 bits per heavy atom. The average molecular weight is 294 g/mol. The Balaban J connectivity index is 1.28. The highest BCUT2D eigenvalue weighted by molar-refractivity contribution is 5.77. The lowest BCUT2D eigenvalue weighted by Gasteiger charge is -2.04. The van der Waals surface area contributed by atoms with E-state index in [9.17, 15) is 0 Å². The van der Waals surface area contributed by atoms with Crippen LogP contribution < -0.4 is 0 Å². The van der Waals surface area contributed by atoms with E-state index >= 15 is 0 Å². The molecule has 0 amide bonds. The maximum Gasteiger partial charge on any atom is 0.183 e. The van der Waals surface area contributed by atoms with Gasteiger partial charge >= 0.3 is 0 Å². The van der Waals surface area contributed by atoms with Crippen molar-refractivity contribution in [2.24, 2.45) is 9.98 Å². The van der Waals surface area contributed by atoms with Crippen LogP contribution in [0, 0.1) is 0 Å². The summed E-state index contributed by atoms with van der Waals surface area (Å²) < 4.78 is 10.8. The zero-order valence-electron chi connectivity index (χ0n) is 13.3. The molecular weight excluding hydrogens is 264 g/mol. The van der Waals surface area contributed by atoms with Crippen molar-refractivity contribution >= 4 is 11.8 Å². The summed E-state index contributed by atoms with van der Waals surface area (Å²) in [6.07, 6.45) is 14.1. The molecule has 0 aromatic carbocycles. The molecule has 21 heavy (non-hydrogen) atoms. The van der Waals surface area contributed by atoms with E-state index in [0.29, 0.717) is 0 Å². The molecule has 0 atom stereocenters. The van der Waals surface area contributed by atoms with Crippen LogP contribution in [0.1, 0.15) is 70.6 Å². The number of hydrogen-bond acceptors (Lipinski definition) is 4. The largest absolute Gasteiger partial charge is 0.479 e. The van der Waals surface area contributed by atoms with Gasteiger partial charge in [-0.15, -0.1) is 0 Å². The predicted octanol–water partition coefficient (Wildman–Crippen LogP) is 4.13. The third-order valence-electron chi connectivity index (χ3n) is 4.08. The van der Waals surface area contributed by atoms with Crippen LogP contribution in [0.4, 0.5) is 0 Å². The Kier molecular flexibility index (Phi) is 8.26. The Morgan fingerprint density at radius 2 is 0.952 bits per heavy atom. The van der Waals surface area contributed by atoms with Gasteiger partial charge < -0.3 is 9.47 Å². The van der Waals surface area contributed by atoms with Crippen LogP contribution in [-0.2, 0) is 9.47 Å². The zero-order chi connectivity index (χ0) is 14.6. The van der Waals surface area contributed by atoms with E-state index < -0.39 is 0 Å². The zero-order valence-corrected chi connectivity index (χ0v) is 13.3. The number of unbranched alkanes of at least 4 members (excludes halogenated alkanes) is 8. The van der Waals surface area contributed by atoms with E-state index in [1.807, 2.05) is 0 Å². The van der Waals surface area contributed by atoms with Gasteiger partial charge in [-0.05, 0) is 12.8 Å². The highest BCUT2D eigenvalue weighted by Gasteiger charge is 2.06. The summed E-state index contributed by atoms with van der Waals surface area (Å²) >= 11 is 0. The first-order chi connectivity index (χ1) is 10.4. The smallest absolute Gasteiger partial charge is 0.183 e. The van der Waals surface area contributed by atoms with E-state index in [0.717, 1.165) is 50.9 Å². The van der Waals surface area contributed by atoms with Gasteiger partial charge in [-0.25, -0.2) is 0 Å². The molecule has 0 aromatic rings. The first-order valence-electron chi connectivity index (χ1n) is 8.77. The summed E-state index contributed by atoms with van der Waals surface area (Å²) in [6, 6.07) is 0. The molecule has 0 N–H and O–H groups in total. The lowest BCUT2D eigenvalue weighted by atomic mass is 10.1. The molecule has 2 aliphatic rings. The summed E-state index contributed by atoms with van der Waals surface area (Å²) in [5.74, 6) is 1.98. The van der Waals surface area contributed by atoms with Crippen molar-refractivity contribution < 1.29 is 9.47 Å². The maximum absolute atomic E-state index is 5.41. The Bertz CT molecular complexity index is 308. The number of ether oxygens (including phenoxy) is 2. The topological polar surface area (TPSA) is 43.2 Å². The Labute approximate surface area is 129 Å². The molecule has 0 aliphatic carbocycles. The minimum atomic E-state index is 0.800. The van der Waals surface area contributed by atoms with E-state index in [1.54, 1.807) is 0 Å². The van der Waals surface area contributed by atoms with Crippen LogP contribution in [0.2, 0.25) is 0 Å². The van der Waals surface area contributed by atoms with Gasteiger partial charge in [0.1, 0.15) is 13.2 Å². The number of hydrogen-bond donors (Lipinski definition) is 0. The summed E-state index contributed by atoms with van der Waals surface area (Å²) in [7, 11) is 0. The van der Waals surface area contributed by atoms with E-state index in [4.69, 9.17) is 9.47 Å². The third kappa shape index (κ3) is 7.49. The molecule has 4 nitrogen and oxygen atoms in total. The number of rotatable bonds is 12. The minimum absolute atomic E-state index is 0.800. The van der Waals surface area contributed by atoms with E-state index in [1.165, 1.54) is 57.8 Å². The summed E-state index contributed by atoms with van der Waals surface area (Å²) in [6.45, 7) is 3.34. The van der Waals surface area contributed by atoms with E-state index in [-0.39, 0.29) is 0 Å². The maximum atomic E-state index is 5.41. The lowest BCUT2D eigenvalue weighted by Crippen LogP contribution is -1.98. The molecule has 0 radical (unpaired) electrons. The predicted molar refractivity (Wildman–Crippen MR) is 87.3 cm³/mol. The fourth-order valence-corrected chi connectivity index (χ4v) is 2.85. The highest BCUT2D eigenvalue weighted by atomic mass is 16.5. The molecule has 120 valence electrons. The molecule has 0 spiro atoms. The molecule has 0 saturated carbocycles. The van der Waals surface area contributed by atoms with Crippen molar-refractivity contribution in [3.8, 4) is 0 Å². The van der Waals surface area contributed by atoms with Crippen molar-refractivity contribution in [1.29, 1.82) is 0 Å². The summed E-state index contributed by atoms with van der Waals surface area (Å²) in [4.78, 5) is 8.63. The van der Waals surface area contributed by atoms with E-state index in [2.05, 4.69) is 9.98 Å². The summed E-state index contributed by atoms with van der Waals surface area (Å²) in [5.41, 5.74) is 0. The van der Waals surface area contributed by atoms with Crippen LogP contribution in [0.3, 0.4) is 0 Å². The van der Waals surface area contributed by atoms with Crippen molar-refractivity contribution in [3.63, 3.8) is 0 Å². The molecule has 0 fully saturated rings. The van der Waals surface area contributed by atoms with Crippen LogP contribution in [0.5, 0.6) is 0 Å². The molecule has 2 aliphatic heterocycles. The quantitative estimate of drug-likeness (QED) is 0.508. The molecular formula is C17H30N2O2. The second kappa shape index (κ2) is 10.6. The number of aliphatic imine (C=N–C) groups is 2. The van der Waals surface area contributed by atoms with Gasteiger partial charge in [0.05, 0.1) is 13.1 Å². The molecule has 4 heteroatoms. The normalized spacial score (nSPS) is 17.3. The van der Waals surface area contributed by atoms with Crippen molar-refractivity contribution in [2.75, 3.05) is 26.3 Å². The first kappa shape index (κ1) is 16.3. The van der Waals surface area contributed by atoms with Gasteiger partial charge in [0.25, 0.3) is 0 Å². The molecule has 0 bridgehead atoms. The fourth-order valence-electron chi connectivity index (χ4n) is 2.85. The molecule has 2 rings (SSSR count). The van der Waals surface area contributed by atoms with Gasteiger partial charge in [-0.1, -0.05) is 44.9 Å². The van der Waals surface area contributed by atoms with Gasteiger partial charge in [-0.3, -0.25) is 9.98 Å². The Hall–Kier alpha value is -1.06. The van der Waals surface area contributed by atoms with Gasteiger partial charge in [0.15, 0.2) is 11.8 Å². The van der Waals surface area contributed by atoms with Crippen LogP contribution in [0.25, 0.3) is 0 Å². The number of nitrogens with zero attached hydrogens (tertiary/aromatic N) is 2. The second-order valence-corrected chi connectivity index (χ2v) is 5.93. The molecule has 0 aromatic heterocycles. The lowest BCUT2D eigenvalue weighted by molar-refractivity contribution is 0.336. The summed E-state index contributed by atoms with van der Waals surface area (Å²) in [5, 5.41) is 0. The fraction of sp³-hybridized carbons (Fsp3) is 0.882. The minimum Gasteiger partial charge on any atom is -0.479 e. The molecule has 0 saturated heterocycles. The highest BCUT2D eigenvalue weighted by Crippen LogP contribution is 2.13. The SMILES string of the molecule is C(CCCCCC1=NCCO1)CCCCCC1=NCCO1. The monoisotopic (exact) mass is 294 g/mol. The van der Waals surface area contributed by atoms with Crippen LogP contribution in [-0.4, -0.2) is 38.1 Å². The first-order valence-corrected chi connectivity index (χ1v) is 8.77. The van der Waals surface area contributed by atoms with Crippen molar-refractivity contribution in [1.82, 2.24) is 0 Å². The van der Waals surface area contributed by atoms with Gasteiger partial charge in [0.2, 0.25) is 0 Å². The average Bonchev–Trinajstić information content (AvgIpc) is 3.18. The molecule has 0 unspecified atom stereocenters. The van der Waals surface area contributed by atoms with Gasteiger partial charge in [0, 0.05) is 12.8 Å². The molecule has 2 heterocycles. The standard InChI is InChI=1S/C17H30N2O2/c1(2-4-6-8-10-16-18-12-14-20-16)3-5-7-9-11-17-19-13-15-21-17/h1-15H2. The van der Waals surface area contributed by atoms with Crippen LogP contribution >= 0.6 is 0 Å². The third-order valence-corrected chi connectivity index (χ3v) is 4.08. The van der Waals surface area contributed by atoms with Crippen molar-refractivity contribution in [2.45, 2.75) is 70.6 Å². The van der Waals surface area contributed by atoms with Crippen molar-refractivity contribution in [3.05, 3.63) is 0 Å². The van der Waals surface area contributed by atoms with Crippen LogP contribution in [0.15, 0.2) is 9.98 Å². The Morgan fingerprint density at radius 3 is 1.29 bits per heavy atom. The second-order valence-electron chi connectivity index (χ2n) is 5.93.